The Bertz CT molecular complexity index is 543. The molecule has 0 fully saturated rings. The molecule has 92 valence electrons. The van der Waals surface area contributed by atoms with Crippen molar-refractivity contribution in [1.82, 2.24) is 0 Å². The first kappa shape index (κ1) is 12.1. The molecule has 2 aromatic carbocycles. The molecule has 0 radical (unpaired) electrons. The fourth-order valence-electron chi connectivity index (χ4n) is 1.59. The summed E-state index contributed by atoms with van der Waals surface area (Å²) in [5.41, 5.74) is 0.722. The second-order valence-corrected chi connectivity index (χ2v) is 3.91. The van der Waals surface area contributed by atoms with Gasteiger partial charge in [-0.05, 0) is 42.0 Å². The summed E-state index contributed by atoms with van der Waals surface area (Å²) in [6.07, 6.45) is -1.28. The second-order valence-electron chi connectivity index (χ2n) is 3.91. The minimum Gasteiger partial charge on any atom is -0.508 e. The van der Waals surface area contributed by atoms with Gasteiger partial charge in [0, 0.05) is 5.56 Å². The van der Waals surface area contributed by atoms with Gasteiger partial charge < -0.3 is 15.3 Å². The summed E-state index contributed by atoms with van der Waals surface area (Å²) < 4.78 is 0. The maximum atomic E-state index is 11.9. The van der Waals surface area contributed by atoms with Crippen molar-refractivity contribution in [1.29, 1.82) is 0 Å². The van der Waals surface area contributed by atoms with E-state index in [1.807, 2.05) is 0 Å². The molecule has 0 aromatic heterocycles. The molecule has 4 nitrogen and oxygen atoms in total. The Morgan fingerprint density at radius 1 is 0.833 bits per heavy atom. The van der Waals surface area contributed by atoms with Crippen LogP contribution < -0.4 is 0 Å². The molecule has 0 aliphatic carbocycles. The minimum atomic E-state index is -1.28. The van der Waals surface area contributed by atoms with E-state index in [4.69, 9.17) is 10.2 Å². The number of aromatic hydroxyl groups is 2. The highest BCUT2D eigenvalue weighted by Gasteiger charge is 2.18. The van der Waals surface area contributed by atoms with Gasteiger partial charge in [0.2, 0.25) is 0 Å². The molecule has 0 bridgehead atoms. The molecular formula is C14H12O4. The van der Waals surface area contributed by atoms with E-state index in [0.29, 0.717) is 11.1 Å². The lowest BCUT2D eigenvalue weighted by atomic mass is 10.00. The van der Waals surface area contributed by atoms with Gasteiger partial charge in [0.25, 0.3) is 0 Å². The van der Waals surface area contributed by atoms with Crippen LogP contribution in [0, 0.1) is 0 Å². The van der Waals surface area contributed by atoms with Crippen molar-refractivity contribution in [3.05, 3.63) is 59.7 Å². The molecule has 4 heteroatoms. The van der Waals surface area contributed by atoms with Gasteiger partial charge in [-0.25, -0.2) is 0 Å². The zero-order chi connectivity index (χ0) is 13.1. The van der Waals surface area contributed by atoms with E-state index in [0.717, 1.165) is 0 Å². The normalized spacial score (nSPS) is 12.1. The van der Waals surface area contributed by atoms with Crippen LogP contribution in [0.4, 0.5) is 0 Å². The van der Waals surface area contributed by atoms with E-state index >= 15 is 0 Å². The molecule has 18 heavy (non-hydrogen) atoms. The number of carbonyl (C=O) groups excluding carboxylic acids is 1. The first-order valence-corrected chi connectivity index (χ1v) is 5.38. The first-order valence-electron chi connectivity index (χ1n) is 5.38. The summed E-state index contributed by atoms with van der Waals surface area (Å²) in [7, 11) is 0. The van der Waals surface area contributed by atoms with Gasteiger partial charge in [0.15, 0.2) is 5.78 Å². The van der Waals surface area contributed by atoms with E-state index in [-0.39, 0.29) is 11.5 Å². The lowest BCUT2D eigenvalue weighted by Crippen LogP contribution is -2.11. The largest absolute Gasteiger partial charge is 0.508 e. The van der Waals surface area contributed by atoms with Gasteiger partial charge in [-0.15, -0.1) is 0 Å². The fourth-order valence-corrected chi connectivity index (χ4v) is 1.59. The van der Waals surface area contributed by atoms with Crippen LogP contribution in [0.1, 0.15) is 22.0 Å². The number of aliphatic hydroxyl groups excluding tert-OH is 1. The van der Waals surface area contributed by atoms with E-state index in [1.54, 1.807) is 0 Å². The summed E-state index contributed by atoms with van der Waals surface area (Å²) in [5, 5.41) is 28.2. The Kier molecular flexibility index (Phi) is 3.30. The average molecular weight is 244 g/mol. The fraction of sp³-hybridized carbons (Fsp3) is 0.0714. The molecule has 0 spiro atoms. The molecular weight excluding hydrogens is 232 g/mol. The van der Waals surface area contributed by atoms with Crippen molar-refractivity contribution in [2.24, 2.45) is 0 Å². The van der Waals surface area contributed by atoms with Gasteiger partial charge in [-0.2, -0.15) is 0 Å². The highest BCUT2D eigenvalue weighted by molar-refractivity contribution is 5.99. The number of benzene rings is 2. The van der Waals surface area contributed by atoms with Crippen molar-refractivity contribution in [2.75, 3.05) is 0 Å². The predicted molar refractivity (Wildman–Crippen MR) is 65.5 cm³/mol. The van der Waals surface area contributed by atoms with Crippen molar-refractivity contribution >= 4 is 5.78 Å². The number of hydrogen-bond donors (Lipinski definition) is 3. The van der Waals surface area contributed by atoms with Crippen LogP contribution in [-0.4, -0.2) is 21.1 Å². The van der Waals surface area contributed by atoms with Crippen LogP contribution >= 0.6 is 0 Å². The molecule has 0 saturated carbocycles. The molecule has 2 rings (SSSR count). The van der Waals surface area contributed by atoms with E-state index in [9.17, 15) is 9.90 Å². The van der Waals surface area contributed by atoms with Crippen LogP contribution in [0.3, 0.4) is 0 Å². The molecule has 0 unspecified atom stereocenters. The van der Waals surface area contributed by atoms with Crippen molar-refractivity contribution < 1.29 is 20.1 Å². The number of hydrogen-bond acceptors (Lipinski definition) is 4. The Morgan fingerprint density at radius 2 is 1.28 bits per heavy atom. The van der Waals surface area contributed by atoms with Crippen molar-refractivity contribution in [3.8, 4) is 11.5 Å². The SMILES string of the molecule is O=C(c1ccc(O)cc1)[C@H](O)c1ccc(O)cc1. The number of aliphatic hydroxyl groups is 1. The van der Waals surface area contributed by atoms with Gasteiger partial charge in [-0.1, -0.05) is 12.1 Å². The van der Waals surface area contributed by atoms with Gasteiger partial charge in [0.1, 0.15) is 17.6 Å². The molecule has 2 aromatic rings. The highest BCUT2D eigenvalue weighted by Crippen LogP contribution is 2.21. The number of phenolic OH excluding ortho intramolecular Hbond substituents is 2. The van der Waals surface area contributed by atoms with E-state index in [1.165, 1.54) is 48.5 Å². The smallest absolute Gasteiger partial charge is 0.195 e. The van der Waals surface area contributed by atoms with Crippen LogP contribution in [0.5, 0.6) is 11.5 Å². The third kappa shape index (κ3) is 2.49. The third-order valence-electron chi connectivity index (χ3n) is 2.61. The summed E-state index contributed by atoms with van der Waals surface area (Å²) >= 11 is 0. The second kappa shape index (κ2) is 4.89. The number of Topliss-reactive ketones (excluding diaryl/α,β-unsaturated/α-hetero) is 1. The zero-order valence-corrected chi connectivity index (χ0v) is 9.45. The van der Waals surface area contributed by atoms with Crippen LogP contribution in [0.2, 0.25) is 0 Å². The standard InChI is InChI=1S/C14H12O4/c15-11-5-1-9(2-6-11)13(17)14(18)10-3-7-12(16)8-4-10/h1-8,13,15-17H/t13-/m1/s1. The van der Waals surface area contributed by atoms with Crippen molar-refractivity contribution in [3.63, 3.8) is 0 Å². The van der Waals surface area contributed by atoms with E-state index in [2.05, 4.69) is 0 Å². The summed E-state index contributed by atoms with van der Waals surface area (Å²) in [5.74, 6) is -0.325. The Balaban J connectivity index is 2.23. The lowest BCUT2D eigenvalue weighted by Gasteiger charge is -2.10. The average Bonchev–Trinajstić information content (AvgIpc) is 2.39. The minimum absolute atomic E-state index is 0.0608. The summed E-state index contributed by atoms with van der Waals surface area (Å²) in [4.78, 5) is 11.9. The molecule has 1 atom stereocenters. The van der Waals surface area contributed by atoms with Gasteiger partial charge >= 0.3 is 0 Å². The number of rotatable bonds is 3. The predicted octanol–water partition coefficient (Wildman–Crippen LogP) is 2.01. The van der Waals surface area contributed by atoms with E-state index < -0.39 is 11.9 Å². The Labute approximate surface area is 104 Å². The highest BCUT2D eigenvalue weighted by atomic mass is 16.3. The molecule has 0 aliphatic rings. The molecule has 0 heterocycles. The lowest BCUT2D eigenvalue weighted by molar-refractivity contribution is 0.0747. The Hall–Kier alpha value is -2.33. The molecule has 0 aliphatic heterocycles. The van der Waals surface area contributed by atoms with Gasteiger partial charge in [0.05, 0.1) is 0 Å². The first-order chi connectivity index (χ1) is 8.58. The van der Waals surface area contributed by atoms with Crippen LogP contribution in [0.25, 0.3) is 0 Å². The number of phenols is 2. The monoisotopic (exact) mass is 244 g/mol. The van der Waals surface area contributed by atoms with Crippen LogP contribution in [-0.2, 0) is 0 Å². The maximum absolute atomic E-state index is 11.9. The van der Waals surface area contributed by atoms with Crippen molar-refractivity contribution in [2.45, 2.75) is 6.10 Å². The maximum Gasteiger partial charge on any atom is 0.195 e. The van der Waals surface area contributed by atoms with Gasteiger partial charge in [-0.3, -0.25) is 4.79 Å². The zero-order valence-electron chi connectivity index (χ0n) is 9.45. The van der Waals surface area contributed by atoms with Crippen LogP contribution in [0.15, 0.2) is 48.5 Å². The Morgan fingerprint density at radius 3 is 1.78 bits per heavy atom. The summed E-state index contributed by atoms with van der Waals surface area (Å²) in [6, 6.07) is 11.4. The topological polar surface area (TPSA) is 77.8 Å². The number of ketones is 1. The molecule has 0 saturated heterocycles. The quantitative estimate of drug-likeness (QED) is 0.722. The third-order valence-corrected chi connectivity index (χ3v) is 2.61. The molecule has 0 amide bonds. The number of carbonyl (C=O) groups is 1. The molecule has 3 N–H and O–H groups in total. The summed E-state index contributed by atoms with van der Waals surface area (Å²) in [6.45, 7) is 0.